The van der Waals surface area contributed by atoms with Crippen molar-refractivity contribution in [2.24, 2.45) is 11.8 Å². The SMILES string of the molecule is O=C(O)C1CCC(C(=O)Nc2c(F)cccc2[N+](=O)[O-])C1. The smallest absolute Gasteiger partial charge is 0.306 e. The Morgan fingerprint density at radius 3 is 2.57 bits per heavy atom. The summed E-state index contributed by atoms with van der Waals surface area (Å²) in [4.78, 5) is 32.9. The highest BCUT2D eigenvalue weighted by Gasteiger charge is 2.34. The number of halogens is 1. The fraction of sp³-hybridized carbons (Fsp3) is 0.385. The van der Waals surface area contributed by atoms with E-state index in [1.54, 1.807) is 0 Å². The second-order valence-corrected chi connectivity index (χ2v) is 4.93. The maximum atomic E-state index is 13.6. The Balaban J connectivity index is 2.14. The molecule has 7 nitrogen and oxygen atoms in total. The number of carbonyl (C=O) groups excluding carboxylic acids is 1. The highest BCUT2D eigenvalue weighted by atomic mass is 19.1. The number of para-hydroxylation sites is 1. The van der Waals surface area contributed by atoms with Crippen molar-refractivity contribution in [3.8, 4) is 0 Å². The van der Waals surface area contributed by atoms with Crippen LogP contribution < -0.4 is 5.32 Å². The first-order chi connectivity index (χ1) is 9.90. The summed E-state index contributed by atoms with van der Waals surface area (Å²) in [6.07, 6.45) is 0.890. The van der Waals surface area contributed by atoms with Gasteiger partial charge in [-0.05, 0) is 25.3 Å². The first kappa shape index (κ1) is 14.9. The van der Waals surface area contributed by atoms with Crippen LogP contribution in [-0.2, 0) is 9.59 Å². The molecule has 0 saturated heterocycles. The number of hydrogen-bond donors (Lipinski definition) is 2. The summed E-state index contributed by atoms with van der Waals surface area (Å²) in [5.41, 5.74) is -1.01. The molecule has 2 N–H and O–H groups in total. The van der Waals surface area contributed by atoms with Gasteiger partial charge in [-0.2, -0.15) is 0 Å². The van der Waals surface area contributed by atoms with E-state index in [0.29, 0.717) is 12.8 Å². The summed E-state index contributed by atoms with van der Waals surface area (Å²) < 4.78 is 13.6. The van der Waals surface area contributed by atoms with E-state index in [9.17, 15) is 24.1 Å². The van der Waals surface area contributed by atoms with E-state index in [1.807, 2.05) is 0 Å². The standard InChI is InChI=1S/C13H13FN2O5/c14-9-2-1-3-10(16(20)21)11(9)15-12(17)7-4-5-8(6-7)13(18)19/h1-3,7-8H,4-6H2,(H,15,17)(H,18,19). The molecule has 0 aromatic heterocycles. The number of amides is 1. The number of nitrogens with zero attached hydrogens (tertiary/aromatic N) is 1. The highest BCUT2D eigenvalue weighted by Crippen LogP contribution is 2.33. The molecule has 1 saturated carbocycles. The Bertz CT molecular complexity index is 604. The van der Waals surface area contributed by atoms with Crippen molar-refractivity contribution in [3.63, 3.8) is 0 Å². The van der Waals surface area contributed by atoms with Crippen LogP contribution in [0.2, 0.25) is 0 Å². The number of carbonyl (C=O) groups is 2. The van der Waals surface area contributed by atoms with Gasteiger partial charge in [-0.25, -0.2) is 4.39 Å². The Kier molecular flexibility index (Phi) is 4.15. The molecule has 0 aliphatic heterocycles. The lowest BCUT2D eigenvalue weighted by Gasteiger charge is -2.11. The highest BCUT2D eigenvalue weighted by molar-refractivity contribution is 5.95. The third kappa shape index (κ3) is 3.15. The largest absolute Gasteiger partial charge is 0.481 e. The van der Waals surface area contributed by atoms with Crippen molar-refractivity contribution in [1.29, 1.82) is 0 Å². The monoisotopic (exact) mass is 296 g/mol. The number of benzene rings is 1. The van der Waals surface area contributed by atoms with E-state index in [0.717, 1.165) is 12.1 Å². The maximum absolute atomic E-state index is 13.6. The molecular weight excluding hydrogens is 283 g/mol. The van der Waals surface area contributed by atoms with Crippen LogP contribution in [0.15, 0.2) is 18.2 Å². The van der Waals surface area contributed by atoms with Crippen LogP contribution in [0, 0.1) is 27.8 Å². The van der Waals surface area contributed by atoms with Gasteiger partial charge in [0.1, 0.15) is 0 Å². The van der Waals surface area contributed by atoms with Crippen molar-refractivity contribution < 1.29 is 24.0 Å². The number of rotatable bonds is 4. The average molecular weight is 296 g/mol. The first-order valence-corrected chi connectivity index (χ1v) is 6.36. The van der Waals surface area contributed by atoms with Crippen molar-refractivity contribution in [2.45, 2.75) is 19.3 Å². The molecule has 0 radical (unpaired) electrons. The van der Waals surface area contributed by atoms with Crippen molar-refractivity contribution in [1.82, 2.24) is 0 Å². The van der Waals surface area contributed by atoms with Crippen LogP contribution in [-0.4, -0.2) is 21.9 Å². The predicted octanol–water partition coefficient (Wildman–Crippen LogP) is 2.17. The number of hydrogen-bond acceptors (Lipinski definition) is 4. The second-order valence-electron chi connectivity index (χ2n) is 4.93. The van der Waals surface area contributed by atoms with Gasteiger partial charge in [-0.15, -0.1) is 0 Å². The van der Waals surface area contributed by atoms with Crippen molar-refractivity contribution in [2.75, 3.05) is 5.32 Å². The number of carboxylic acid groups (broad SMARTS) is 1. The predicted molar refractivity (Wildman–Crippen MR) is 70.2 cm³/mol. The van der Waals surface area contributed by atoms with E-state index >= 15 is 0 Å². The van der Waals surface area contributed by atoms with Gasteiger partial charge in [0.2, 0.25) is 5.91 Å². The molecule has 0 heterocycles. The number of nitro groups is 1. The van der Waals surface area contributed by atoms with E-state index in [1.165, 1.54) is 6.07 Å². The average Bonchev–Trinajstić information content (AvgIpc) is 2.90. The number of nitro benzene ring substituents is 1. The number of carboxylic acids is 1. The molecule has 1 aliphatic rings. The van der Waals surface area contributed by atoms with Gasteiger partial charge in [0, 0.05) is 12.0 Å². The third-order valence-electron chi connectivity index (χ3n) is 3.59. The minimum Gasteiger partial charge on any atom is -0.481 e. The van der Waals surface area contributed by atoms with Gasteiger partial charge in [0.25, 0.3) is 5.69 Å². The van der Waals surface area contributed by atoms with E-state index in [2.05, 4.69) is 5.32 Å². The summed E-state index contributed by atoms with van der Waals surface area (Å²) in [6, 6.07) is 3.28. The molecule has 1 aromatic rings. The molecular formula is C13H13FN2O5. The second kappa shape index (κ2) is 5.86. The quantitative estimate of drug-likeness (QED) is 0.653. The molecule has 112 valence electrons. The van der Waals surface area contributed by atoms with Gasteiger partial charge < -0.3 is 10.4 Å². The summed E-state index contributed by atoms with van der Waals surface area (Å²) in [5.74, 6) is -3.64. The Labute approximate surface area is 118 Å². The molecule has 0 bridgehead atoms. The molecule has 0 spiro atoms. The third-order valence-corrected chi connectivity index (χ3v) is 3.59. The zero-order valence-corrected chi connectivity index (χ0v) is 10.9. The molecule has 2 rings (SSSR count). The molecule has 1 amide bonds. The Morgan fingerprint density at radius 2 is 2.00 bits per heavy atom. The minimum absolute atomic E-state index is 0.156. The van der Waals surface area contributed by atoms with Gasteiger partial charge in [0.05, 0.1) is 10.8 Å². The van der Waals surface area contributed by atoms with Gasteiger partial charge in [0.15, 0.2) is 11.5 Å². The minimum atomic E-state index is -0.970. The van der Waals surface area contributed by atoms with Crippen LogP contribution in [0.25, 0.3) is 0 Å². The molecule has 21 heavy (non-hydrogen) atoms. The fourth-order valence-electron chi connectivity index (χ4n) is 2.46. The lowest BCUT2D eigenvalue weighted by atomic mass is 10.0. The van der Waals surface area contributed by atoms with Gasteiger partial charge in [-0.3, -0.25) is 19.7 Å². The van der Waals surface area contributed by atoms with Gasteiger partial charge >= 0.3 is 5.97 Å². The van der Waals surface area contributed by atoms with Crippen LogP contribution in [0.5, 0.6) is 0 Å². The van der Waals surface area contributed by atoms with E-state index < -0.39 is 45.8 Å². The summed E-state index contributed by atoms with van der Waals surface area (Å²) in [7, 11) is 0. The number of aliphatic carboxylic acids is 1. The Morgan fingerprint density at radius 1 is 1.33 bits per heavy atom. The summed E-state index contributed by atoms with van der Waals surface area (Å²) in [6.45, 7) is 0. The van der Waals surface area contributed by atoms with Crippen LogP contribution in [0.1, 0.15) is 19.3 Å². The molecule has 1 aliphatic carbocycles. The van der Waals surface area contributed by atoms with Crippen LogP contribution >= 0.6 is 0 Å². The molecule has 2 atom stereocenters. The van der Waals surface area contributed by atoms with Crippen LogP contribution in [0.4, 0.5) is 15.8 Å². The molecule has 2 unspecified atom stereocenters. The summed E-state index contributed by atoms with van der Waals surface area (Å²) >= 11 is 0. The van der Waals surface area contributed by atoms with Crippen LogP contribution in [0.3, 0.4) is 0 Å². The lowest BCUT2D eigenvalue weighted by molar-refractivity contribution is -0.384. The molecule has 1 fully saturated rings. The fourth-order valence-corrected chi connectivity index (χ4v) is 2.46. The van der Waals surface area contributed by atoms with Crippen molar-refractivity contribution in [3.05, 3.63) is 34.1 Å². The zero-order chi connectivity index (χ0) is 15.6. The number of anilines is 1. The summed E-state index contributed by atoms with van der Waals surface area (Å²) in [5, 5.41) is 21.9. The zero-order valence-electron chi connectivity index (χ0n) is 10.9. The Hall–Kier alpha value is -2.51. The molecule has 8 heteroatoms. The van der Waals surface area contributed by atoms with E-state index in [4.69, 9.17) is 5.11 Å². The van der Waals surface area contributed by atoms with Gasteiger partial charge in [-0.1, -0.05) is 6.07 Å². The number of nitrogens with one attached hydrogen (secondary N) is 1. The first-order valence-electron chi connectivity index (χ1n) is 6.36. The van der Waals surface area contributed by atoms with E-state index in [-0.39, 0.29) is 6.42 Å². The molecule has 1 aromatic carbocycles. The lowest BCUT2D eigenvalue weighted by Crippen LogP contribution is -2.22. The topological polar surface area (TPSA) is 110 Å². The normalized spacial score (nSPS) is 21.0. The maximum Gasteiger partial charge on any atom is 0.306 e. The van der Waals surface area contributed by atoms with Crippen molar-refractivity contribution >= 4 is 23.3 Å².